The van der Waals surface area contributed by atoms with Crippen molar-refractivity contribution in [3.63, 3.8) is 0 Å². The minimum atomic E-state index is -4.96. The SMILES string of the molecule is CCCCCC/C=C\C=C/CCCCCCCC(=O)O[C@H](COC(=O)CCCCCCCCC(C)CC)COP(=O)(O)OCC(O)COP(=O)(O)OC[C@@H](COC(=O)CCCCCCCCCC(C)C)OC(=O)CCCCCCCCCCCCCCCCCC(C)C. The molecule has 0 saturated carbocycles. The first kappa shape index (κ1) is 90.5. The molecule has 0 aromatic heterocycles. The topological polar surface area (TPSA) is 237 Å². The predicted octanol–water partition coefficient (Wildman–Crippen LogP) is 21.0. The first-order valence-electron chi connectivity index (χ1n) is 37.7. The molecule has 0 radical (unpaired) electrons. The van der Waals surface area contributed by atoms with Gasteiger partial charge in [-0.05, 0) is 69.1 Å². The van der Waals surface area contributed by atoms with E-state index in [4.69, 9.17) is 37.0 Å². The number of unbranched alkanes of at least 4 members (excludes halogenated alkanes) is 34. The summed E-state index contributed by atoms with van der Waals surface area (Å²) in [5.74, 6) is 0.0780. The molecule has 0 heterocycles. The number of aliphatic hydroxyl groups is 1. The lowest BCUT2D eigenvalue weighted by atomic mass is 10.00. The number of rotatable bonds is 70. The van der Waals surface area contributed by atoms with Crippen LogP contribution < -0.4 is 0 Å². The van der Waals surface area contributed by atoms with Gasteiger partial charge in [0.15, 0.2) is 12.2 Å². The van der Waals surface area contributed by atoms with Crippen molar-refractivity contribution in [3.05, 3.63) is 24.3 Å². The number of hydrogen-bond acceptors (Lipinski definition) is 15. The molecule has 4 unspecified atom stereocenters. The van der Waals surface area contributed by atoms with E-state index in [0.717, 1.165) is 127 Å². The number of carbonyl (C=O) groups is 4. The van der Waals surface area contributed by atoms with Gasteiger partial charge in [0.25, 0.3) is 0 Å². The van der Waals surface area contributed by atoms with Crippen molar-refractivity contribution in [3.8, 4) is 0 Å². The zero-order valence-electron chi connectivity index (χ0n) is 60.2. The monoisotopic (exact) mass is 1360 g/mol. The molecule has 0 saturated heterocycles. The number of phosphoric ester groups is 2. The second kappa shape index (κ2) is 64.2. The molecule has 0 spiro atoms. The Bertz CT molecular complexity index is 1910. The third-order valence-electron chi connectivity index (χ3n) is 16.9. The minimum absolute atomic E-state index is 0.0837. The van der Waals surface area contributed by atoms with E-state index >= 15 is 0 Å². The van der Waals surface area contributed by atoms with Crippen LogP contribution in [0.1, 0.15) is 350 Å². The molecule has 6 atom stereocenters. The maximum Gasteiger partial charge on any atom is 0.472 e. The first-order valence-corrected chi connectivity index (χ1v) is 40.7. The van der Waals surface area contributed by atoms with Crippen molar-refractivity contribution in [2.45, 2.75) is 369 Å². The van der Waals surface area contributed by atoms with Gasteiger partial charge in [0.05, 0.1) is 26.4 Å². The number of ether oxygens (including phenoxy) is 4. The Balaban J connectivity index is 5.26. The Morgan fingerprint density at radius 3 is 0.957 bits per heavy atom. The lowest BCUT2D eigenvalue weighted by molar-refractivity contribution is -0.161. The Morgan fingerprint density at radius 2 is 0.634 bits per heavy atom. The van der Waals surface area contributed by atoms with E-state index in [1.54, 1.807) is 0 Å². The van der Waals surface area contributed by atoms with Gasteiger partial charge in [0, 0.05) is 25.7 Å². The van der Waals surface area contributed by atoms with Gasteiger partial charge in [-0.3, -0.25) is 37.3 Å². The van der Waals surface area contributed by atoms with Gasteiger partial charge in [-0.2, -0.15) is 0 Å². The highest BCUT2D eigenvalue weighted by atomic mass is 31.2. The summed E-state index contributed by atoms with van der Waals surface area (Å²) in [6, 6.07) is 0. The summed E-state index contributed by atoms with van der Waals surface area (Å²) in [4.78, 5) is 72.6. The van der Waals surface area contributed by atoms with Gasteiger partial charge in [-0.25, -0.2) is 9.13 Å². The Labute approximate surface area is 567 Å². The molecular weight excluding hydrogens is 1220 g/mol. The van der Waals surface area contributed by atoms with E-state index in [0.29, 0.717) is 31.6 Å². The second-order valence-corrected chi connectivity index (χ2v) is 30.1. The third kappa shape index (κ3) is 66.6. The van der Waals surface area contributed by atoms with E-state index < -0.39 is 97.5 Å². The maximum absolute atomic E-state index is 13.0. The molecule has 0 bridgehead atoms. The summed E-state index contributed by atoms with van der Waals surface area (Å²) < 4.78 is 68.4. The molecule has 3 N–H and O–H groups in total. The highest BCUT2D eigenvalue weighted by molar-refractivity contribution is 7.47. The van der Waals surface area contributed by atoms with E-state index in [1.165, 1.54) is 135 Å². The normalized spacial score (nSPS) is 14.6. The Morgan fingerprint density at radius 1 is 0.355 bits per heavy atom. The summed E-state index contributed by atoms with van der Waals surface area (Å²) in [6.07, 6.45) is 52.3. The van der Waals surface area contributed by atoms with Crippen LogP contribution >= 0.6 is 15.6 Å². The maximum atomic E-state index is 13.0. The van der Waals surface area contributed by atoms with Gasteiger partial charge in [0.1, 0.15) is 19.3 Å². The van der Waals surface area contributed by atoms with E-state index in [2.05, 4.69) is 72.8 Å². The van der Waals surface area contributed by atoms with Gasteiger partial charge >= 0.3 is 39.5 Å². The summed E-state index contributed by atoms with van der Waals surface area (Å²) in [5, 5.41) is 10.6. The van der Waals surface area contributed by atoms with Gasteiger partial charge < -0.3 is 33.8 Å². The van der Waals surface area contributed by atoms with Crippen LogP contribution in [-0.4, -0.2) is 96.7 Å². The van der Waals surface area contributed by atoms with Crippen LogP contribution in [0.25, 0.3) is 0 Å². The lowest BCUT2D eigenvalue weighted by Gasteiger charge is -2.21. The lowest BCUT2D eigenvalue weighted by Crippen LogP contribution is -2.30. The molecule has 0 aliphatic carbocycles. The number of hydrogen-bond donors (Lipinski definition) is 3. The standard InChI is InChI=1S/C74H140O17P2/c1-8-10-11-12-13-14-15-16-18-22-25-28-33-43-50-58-74(79)91-70(62-85-72(77)56-49-42-37-36-40-47-54-67(7)9-2)64-89-93(82,83)87-60-68(75)59-86-92(80,81)88-63-69(61-84-71(76)55-48-41-35-30-32-39-46-53-66(5)6)90-73(78)57-51-44-34-29-26-23-20-17-19-21-24-27-31-38-45-52-65(3)4/h14-16,18,65-70,75H,8-13,17,19-64H2,1-7H3,(H,80,81)(H,82,83)/b15-14-,18-16-/t67?,68?,69-,70-/m1/s1. The highest BCUT2D eigenvalue weighted by Gasteiger charge is 2.30. The molecule has 0 aliphatic rings. The molecule has 0 aliphatic heterocycles. The molecule has 0 aromatic carbocycles. The minimum Gasteiger partial charge on any atom is -0.462 e. The molecule has 548 valence electrons. The summed E-state index contributed by atoms with van der Waals surface area (Å²) in [6.45, 7) is 11.7. The quantitative estimate of drug-likeness (QED) is 0.0169. The second-order valence-electron chi connectivity index (χ2n) is 27.2. The van der Waals surface area contributed by atoms with Crippen molar-refractivity contribution in [2.24, 2.45) is 17.8 Å². The average molecular weight is 1360 g/mol. The van der Waals surface area contributed by atoms with Crippen LogP contribution in [0.5, 0.6) is 0 Å². The molecule has 0 aromatic rings. The number of esters is 4. The van der Waals surface area contributed by atoms with Crippen molar-refractivity contribution >= 4 is 39.5 Å². The molecule has 17 nitrogen and oxygen atoms in total. The van der Waals surface area contributed by atoms with Crippen molar-refractivity contribution in [1.82, 2.24) is 0 Å². The summed E-state index contributed by atoms with van der Waals surface area (Å²) >= 11 is 0. The van der Waals surface area contributed by atoms with Crippen LogP contribution in [0.4, 0.5) is 0 Å². The fraction of sp³-hybridized carbons (Fsp3) is 0.892. The van der Waals surface area contributed by atoms with Crippen LogP contribution in [-0.2, 0) is 65.4 Å². The number of allylic oxidation sites excluding steroid dienone is 4. The van der Waals surface area contributed by atoms with Crippen molar-refractivity contribution in [1.29, 1.82) is 0 Å². The van der Waals surface area contributed by atoms with Gasteiger partial charge in [-0.1, -0.05) is 297 Å². The molecular formula is C74H140O17P2. The van der Waals surface area contributed by atoms with Gasteiger partial charge in [-0.15, -0.1) is 0 Å². The van der Waals surface area contributed by atoms with E-state index in [1.807, 2.05) is 0 Å². The van der Waals surface area contributed by atoms with Crippen LogP contribution in [0.3, 0.4) is 0 Å². The van der Waals surface area contributed by atoms with Crippen LogP contribution in [0.2, 0.25) is 0 Å². The summed E-state index contributed by atoms with van der Waals surface area (Å²) in [5.41, 5.74) is 0. The van der Waals surface area contributed by atoms with Crippen LogP contribution in [0, 0.1) is 17.8 Å². The van der Waals surface area contributed by atoms with Crippen molar-refractivity contribution in [2.75, 3.05) is 39.6 Å². The molecule has 93 heavy (non-hydrogen) atoms. The first-order chi connectivity index (χ1) is 44.8. The van der Waals surface area contributed by atoms with E-state index in [9.17, 15) is 43.2 Å². The largest absolute Gasteiger partial charge is 0.472 e. The Kier molecular flexibility index (Phi) is 62.5. The Hall–Kier alpha value is -2.46. The fourth-order valence-corrected chi connectivity index (χ4v) is 12.3. The average Bonchev–Trinajstić information content (AvgIpc) is 3.03. The molecule has 0 rings (SSSR count). The van der Waals surface area contributed by atoms with Gasteiger partial charge in [0.2, 0.25) is 0 Å². The molecule has 0 fully saturated rings. The van der Waals surface area contributed by atoms with Crippen molar-refractivity contribution < 1.29 is 80.2 Å². The highest BCUT2D eigenvalue weighted by Crippen LogP contribution is 2.45. The smallest absolute Gasteiger partial charge is 0.462 e. The zero-order valence-corrected chi connectivity index (χ0v) is 62.0. The third-order valence-corrected chi connectivity index (χ3v) is 18.8. The summed E-state index contributed by atoms with van der Waals surface area (Å²) in [7, 11) is -9.92. The molecule has 0 amide bonds. The number of aliphatic hydroxyl groups excluding tert-OH is 1. The molecule has 19 heteroatoms. The van der Waals surface area contributed by atoms with E-state index in [-0.39, 0.29) is 25.7 Å². The number of phosphoric acid groups is 2. The zero-order chi connectivity index (χ0) is 68.7. The van der Waals surface area contributed by atoms with Crippen LogP contribution in [0.15, 0.2) is 24.3 Å². The number of carbonyl (C=O) groups excluding carboxylic acids is 4. The predicted molar refractivity (Wildman–Crippen MR) is 377 cm³/mol. The fourth-order valence-electron chi connectivity index (χ4n) is 10.7.